The minimum Gasteiger partial charge on any atom is -0.483 e. The number of aryl methyl sites for hydroxylation is 1. The van der Waals surface area contributed by atoms with E-state index in [2.05, 4.69) is 45.2 Å². The van der Waals surface area contributed by atoms with E-state index < -0.39 is 9.84 Å². The minimum atomic E-state index is -3.00. The fourth-order valence-electron chi connectivity index (χ4n) is 6.23. The monoisotopic (exact) mass is 550 g/mol. The molecule has 1 amide bonds. The number of aromatic nitrogens is 2. The zero-order chi connectivity index (χ0) is 27.3. The van der Waals surface area contributed by atoms with E-state index in [-0.39, 0.29) is 23.5 Å². The minimum absolute atomic E-state index is 0.123. The van der Waals surface area contributed by atoms with Gasteiger partial charge >= 0.3 is 0 Å². The van der Waals surface area contributed by atoms with E-state index in [9.17, 15) is 13.2 Å². The number of piperidine rings is 1. The predicted molar refractivity (Wildman–Crippen MR) is 149 cm³/mol. The van der Waals surface area contributed by atoms with Crippen LogP contribution in [0.15, 0.2) is 18.5 Å². The number of nitrogens with one attached hydrogen (secondary N) is 1. The molecular formula is C28H34N6O4S. The van der Waals surface area contributed by atoms with Gasteiger partial charge in [-0.2, -0.15) is 0 Å². The molecule has 1 N–H and O–H groups in total. The first-order valence-electron chi connectivity index (χ1n) is 13.6. The normalized spacial score (nSPS) is 23.4. The number of sulfone groups is 1. The molecule has 0 aliphatic carbocycles. The molecule has 10 nitrogen and oxygen atoms in total. The number of likely N-dealkylation sites (tertiary alicyclic amines) is 2. The van der Waals surface area contributed by atoms with Gasteiger partial charge in [0.1, 0.15) is 29.8 Å². The zero-order valence-corrected chi connectivity index (χ0v) is 23.2. The van der Waals surface area contributed by atoms with Crippen molar-refractivity contribution in [2.24, 2.45) is 0 Å². The van der Waals surface area contributed by atoms with Crippen LogP contribution in [0.1, 0.15) is 48.5 Å². The predicted octanol–water partition coefficient (Wildman–Crippen LogP) is 2.24. The van der Waals surface area contributed by atoms with E-state index in [0.29, 0.717) is 30.9 Å². The highest BCUT2D eigenvalue weighted by atomic mass is 32.2. The van der Waals surface area contributed by atoms with Crippen LogP contribution in [-0.4, -0.2) is 90.9 Å². The number of benzene rings is 1. The third kappa shape index (κ3) is 4.92. The topological polar surface area (TPSA) is 108 Å². The average molecular weight is 551 g/mol. The number of amides is 1. The molecule has 39 heavy (non-hydrogen) atoms. The highest BCUT2D eigenvalue weighted by Gasteiger charge is 2.37. The highest BCUT2D eigenvalue weighted by Crippen LogP contribution is 2.45. The van der Waals surface area contributed by atoms with Crippen molar-refractivity contribution >= 4 is 33.1 Å². The second-order valence-corrected chi connectivity index (χ2v) is 13.3. The van der Waals surface area contributed by atoms with Gasteiger partial charge < -0.3 is 19.9 Å². The Labute approximate surface area is 229 Å². The van der Waals surface area contributed by atoms with Crippen LogP contribution in [0.2, 0.25) is 0 Å². The fourth-order valence-corrected chi connectivity index (χ4v) is 7.43. The molecule has 1 aromatic carbocycles. The Kier molecular flexibility index (Phi) is 6.63. The van der Waals surface area contributed by atoms with Crippen LogP contribution in [0.3, 0.4) is 0 Å². The molecule has 0 bridgehead atoms. The van der Waals surface area contributed by atoms with Crippen LogP contribution in [0, 0.1) is 19.3 Å². The van der Waals surface area contributed by atoms with Gasteiger partial charge in [0.2, 0.25) is 0 Å². The van der Waals surface area contributed by atoms with E-state index in [1.165, 1.54) is 11.9 Å². The van der Waals surface area contributed by atoms with Crippen molar-refractivity contribution in [1.82, 2.24) is 19.8 Å². The average Bonchev–Trinajstić information content (AvgIpc) is 3.04. The van der Waals surface area contributed by atoms with Crippen LogP contribution in [0.25, 0.3) is 0 Å². The standard InChI is InChI=1S/C28H34N6O4S/c1-4-24(35)32-7-5-22(6-8-32)34-15-21(16-34)20-13-18(2)26-23(14-20)31-27-25(19(3)38-26)28(30-17-29-27)33-9-11-39(36,37)12-10-33/h1,13-14,17,19,21-22H,5-12,15-16H2,2-3H3,(H,29,30,31). The second-order valence-electron chi connectivity index (χ2n) is 11.0. The van der Waals surface area contributed by atoms with Gasteiger partial charge in [0.05, 0.1) is 22.8 Å². The molecule has 4 aliphatic heterocycles. The van der Waals surface area contributed by atoms with Gasteiger partial charge in [0.25, 0.3) is 5.91 Å². The first-order valence-corrected chi connectivity index (χ1v) is 15.4. The SMILES string of the molecule is C#CC(=O)N1CCC(N2CC(c3cc(C)c4c(c3)Nc3ncnc(N5CCS(=O)(=O)CC5)c3C(C)O4)C2)CC1. The summed E-state index contributed by atoms with van der Waals surface area (Å²) in [7, 11) is -3.00. The molecule has 2 aromatic rings. The lowest BCUT2D eigenvalue weighted by atomic mass is 9.87. The number of carbonyl (C=O) groups excluding carboxylic acids is 1. The van der Waals surface area contributed by atoms with Gasteiger partial charge in [-0.1, -0.05) is 6.07 Å². The molecule has 3 saturated heterocycles. The van der Waals surface area contributed by atoms with Crippen LogP contribution in [-0.2, 0) is 14.6 Å². The Balaban J connectivity index is 1.18. The first kappa shape index (κ1) is 25.9. The maximum absolute atomic E-state index is 12.0. The molecule has 1 unspecified atom stereocenters. The summed E-state index contributed by atoms with van der Waals surface area (Å²) in [5, 5.41) is 3.52. The largest absolute Gasteiger partial charge is 0.483 e. The van der Waals surface area contributed by atoms with E-state index in [0.717, 1.165) is 67.4 Å². The molecule has 5 heterocycles. The van der Waals surface area contributed by atoms with Crippen molar-refractivity contribution in [3.8, 4) is 18.1 Å². The number of rotatable bonds is 3. The van der Waals surface area contributed by atoms with E-state index >= 15 is 0 Å². The molecule has 0 radical (unpaired) electrons. The van der Waals surface area contributed by atoms with Gasteiger partial charge in [-0.15, -0.1) is 6.42 Å². The lowest BCUT2D eigenvalue weighted by Gasteiger charge is -2.47. The van der Waals surface area contributed by atoms with Crippen LogP contribution in [0.5, 0.6) is 5.75 Å². The highest BCUT2D eigenvalue weighted by molar-refractivity contribution is 7.91. The Morgan fingerprint density at radius 3 is 2.54 bits per heavy atom. The second kappa shape index (κ2) is 9.99. The summed E-state index contributed by atoms with van der Waals surface area (Å²) >= 11 is 0. The van der Waals surface area contributed by atoms with Crippen LogP contribution in [0.4, 0.5) is 17.3 Å². The van der Waals surface area contributed by atoms with Crippen molar-refractivity contribution in [3.63, 3.8) is 0 Å². The molecule has 1 atom stereocenters. The van der Waals surface area contributed by atoms with E-state index in [4.69, 9.17) is 11.2 Å². The summed E-state index contributed by atoms with van der Waals surface area (Å²) < 4.78 is 30.4. The summed E-state index contributed by atoms with van der Waals surface area (Å²) in [6, 6.07) is 4.89. The summed E-state index contributed by atoms with van der Waals surface area (Å²) in [5.41, 5.74) is 4.07. The molecule has 0 saturated carbocycles. The van der Waals surface area contributed by atoms with Gasteiger partial charge in [-0.25, -0.2) is 18.4 Å². The van der Waals surface area contributed by atoms with Gasteiger partial charge in [0.15, 0.2) is 9.84 Å². The summed E-state index contributed by atoms with van der Waals surface area (Å²) in [4.78, 5) is 27.2. The molecule has 6 rings (SSSR count). The molecule has 11 heteroatoms. The number of terminal acetylenes is 1. The van der Waals surface area contributed by atoms with Gasteiger partial charge in [0, 0.05) is 51.2 Å². The van der Waals surface area contributed by atoms with Crippen molar-refractivity contribution in [1.29, 1.82) is 0 Å². The number of nitrogens with zero attached hydrogens (tertiary/aromatic N) is 5. The smallest absolute Gasteiger partial charge is 0.298 e. The van der Waals surface area contributed by atoms with E-state index in [1.807, 2.05) is 11.8 Å². The summed E-state index contributed by atoms with van der Waals surface area (Å²) in [5.74, 6) is 4.92. The van der Waals surface area contributed by atoms with Crippen LogP contribution >= 0.6 is 0 Å². The molecule has 3 fully saturated rings. The third-order valence-corrected chi connectivity index (χ3v) is 10.1. The van der Waals surface area contributed by atoms with Crippen molar-refractivity contribution in [3.05, 3.63) is 35.2 Å². The summed E-state index contributed by atoms with van der Waals surface area (Å²) in [6.45, 7) is 8.31. The Hall–Kier alpha value is -3.36. The zero-order valence-electron chi connectivity index (χ0n) is 22.4. The number of carbonyl (C=O) groups is 1. The Morgan fingerprint density at radius 2 is 1.85 bits per heavy atom. The van der Waals surface area contributed by atoms with Crippen LogP contribution < -0.4 is 15.0 Å². The van der Waals surface area contributed by atoms with E-state index in [1.54, 1.807) is 4.90 Å². The maximum Gasteiger partial charge on any atom is 0.298 e. The Bertz CT molecular complexity index is 1430. The molecule has 206 valence electrons. The first-order chi connectivity index (χ1) is 18.7. The summed E-state index contributed by atoms with van der Waals surface area (Å²) in [6.07, 6.45) is 8.42. The Morgan fingerprint density at radius 1 is 1.13 bits per heavy atom. The molecule has 0 spiro atoms. The van der Waals surface area contributed by atoms with Gasteiger partial charge in [-0.05, 0) is 49.8 Å². The van der Waals surface area contributed by atoms with Gasteiger partial charge in [-0.3, -0.25) is 9.69 Å². The third-order valence-electron chi connectivity index (χ3n) is 8.53. The maximum atomic E-state index is 12.0. The quantitative estimate of drug-likeness (QED) is 0.576. The number of hydrogen-bond acceptors (Lipinski definition) is 9. The number of hydrogen-bond donors (Lipinski definition) is 1. The number of fused-ring (bicyclic) bond motifs is 2. The molecule has 1 aromatic heterocycles. The van der Waals surface area contributed by atoms with Crippen molar-refractivity contribution in [2.45, 2.75) is 44.8 Å². The fraction of sp³-hybridized carbons (Fsp3) is 0.536. The number of ether oxygens (including phenoxy) is 1. The molecular weight excluding hydrogens is 516 g/mol. The molecule has 4 aliphatic rings. The number of anilines is 3. The van der Waals surface area contributed by atoms with Crippen molar-refractivity contribution < 1.29 is 17.9 Å². The van der Waals surface area contributed by atoms with Crippen molar-refractivity contribution in [2.75, 3.05) is 61.0 Å². The lowest BCUT2D eigenvalue weighted by Crippen LogP contribution is -2.54. The lowest BCUT2D eigenvalue weighted by molar-refractivity contribution is -0.126.